The zero-order valence-electron chi connectivity index (χ0n) is 18.5. The number of benzene rings is 3. The molecule has 5 nitrogen and oxygen atoms in total. The van der Waals surface area contributed by atoms with Crippen LogP contribution < -0.4 is 4.72 Å². The Bertz CT molecular complexity index is 1310. The summed E-state index contributed by atoms with van der Waals surface area (Å²) >= 11 is 0. The van der Waals surface area contributed by atoms with Crippen molar-refractivity contribution >= 4 is 27.3 Å². The van der Waals surface area contributed by atoms with Gasteiger partial charge in [-0.2, -0.15) is 0 Å². The third-order valence-corrected chi connectivity index (χ3v) is 7.16. The zero-order valence-corrected chi connectivity index (χ0v) is 19.3. The van der Waals surface area contributed by atoms with Crippen LogP contribution in [0.4, 0.5) is 0 Å². The summed E-state index contributed by atoms with van der Waals surface area (Å²) in [6, 6.07) is 22.7. The number of carbonyl (C=O) groups excluding carboxylic acids is 2. The number of ketones is 2. The molecule has 3 aromatic carbocycles. The van der Waals surface area contributed by atoms with Gasteiger partial charge in [-0.15, -0.1) is 0 Å². The van der Waals surface area contributed by atoms with Crippen LogP contribution in [-0.2, 0) is 14.8 Å². The SMILES string of the molecule is Cc1ccc(/C(=C/C(=O)[C@@H]2C[C@H]2C(=O)c2ccccc2)NS(=O)(=O)c2ccc(C)cc2)cc1. The molecule has 33 heavy (non-hydrogen) atoms. The normalized spacial score (nSPS) is 17.9. The van der Waals surface area contributed by atoms with Crippen LogP contribution in [-0.4, -0.2) is 20.0 Å². The predicted molar refractivity (Wildman–Crippen MR) is 128 cm³/mol. The summed E-state index contributed by atoms with van der Waals surface area (Å²) in [6.45, 7) is 3.81. The van der Waals surface area contributed by atoms with Gasteiger partial charge in [-0.05, 0) is 38.0 Å². The summed E-state index contributed by atoms with van der Waals surface area (Å²) < 4.78 is 28.6. The fourth-order valence-corrected chi connectivity index (χ4v) is 4.77. The van der Waals surface area contributed by atoms with Crippen molar-refractivity contribution in [2.24, 2.45) is 11.8 Å². The van der Waals surface area contributed by atoms with Crippen LogP contribution in [0.15, 0.2) is 89.8 Å². The van der Waals surface area contributed by atoms with Crippen molar-refractivity contribution in [3.63, 3.8) is 0 Å². The summed E-state index contributed by atoms with van der Waals surface area (Å²) in [7, 11) is -3.90. The summed E-state index contributed by atoms with van der Waals surface area (Å²) in [5.41, 5.74) is 3.32. The van der Waals surface area contributed by atoms with Crippen LogP contribution in [0.1, 0.15) is 33.5 Å². The number of hydrogen-bond acceptors (Lipinski definition) is 4. The number of nitrogens with one attached hydrogen (secondary N) is 1. The Morgan fingerprint density at radius 2 is 1.36 bits per heavy atom. The van der Waals surface area contributed by atoms with Crippen molar-refractivity contribution in [3.8, 4) is 0 Å². The van der Waals surface area contributed by atoms with Gasteiger partial charge >= 0.3 is 0 Å². The van der Waals surface area contributed by atoms with Crippen molar-refractivity contribution in [2.45, 2.75) is 25.2 Å². The van der Waals surface area contributed by atoms with Crippen LogP contribution >= 0.6 is 0 Å². The Hall–Kier alpha value is -3.51. The average molecular weight is 460 g/mol. The largest absolute Gasteiger partial charge is 0.294 e. The summed E-state index contributed by atoms with van der Waals surface area (Å²) in [6.07, 6.45) is 1.79. The first kappa shape index (κ1) is 22.7. The minimum Gasteiger partial charge on any atom is -0.294 e. The Morgan fingerprint density at radius 3 is 1.97 bits per heavy atom. The quantitative estimate of drug-likeness (QED) is 0.391. The van der Waals surface area contributed by atoms with Crippen molar-refractivity contribution in [3.05, 3.63) is 107 Å². The average Bonchev–Trinajstić information content (AvgIpc) is 3.60. The molecule has 0 radical (unpaired) electrons. The highest BCUT2D eigenvalue weighted by molar-refractivity contribution is 7.89. The lowest BCUT2D eigenvalue weighted by Crippen LogP contribution is -2.23. The number of aryl methyl sites for hydroxylation is 2. The number of allylic oxidation sites excluding steroid dienone is 1. The number of hydrogen-bond donors (Lipinski definition) is 1. The molecule has 168 valence electrons. The van der Waals surface area contributed by atoms with Crippen LogP contribution in [0, 0.1) is 25.7 Å². The molecule has 0 spiro atoms. The highest BCUT2D eigenvalue weighted by atomic mass is 32.2. The molecule has 0 saturated heterocycles. The van der Waals surface area contributed by atoms with Gasteiger partial charge in [0.2, 0.25) is 0 Å². The van der Waals surface area contributed by atoms with E-state index in [4.69, 9.17) is 0 Å². The lowest BCUT2D eigenvalue weighted by Gasteiger charge is -2.13. The molecule has 2 atom stereocenters. The second kappa shape index (κ2) is 9.16. The standard InChI is InChI=1S/C27H25NO4S/c1-18-8-12-20(13-9-18)25(28-33(31,32)22-14-10-19(2)11-15-22)17-26(29)23-16-24(23)27(30)21-6-4-3-5-7-21/h3-15,17,23-24,28H,16H2,1-2H3/b25-17-/t23-,24-/m1/s1. The van der Waals surface area contributed by atoms with Gasteiger partial charge in [0, 0.05) is 23.5 Å². The molecular formula is C27H25NO4S. The fourth-order valence-electron chi connectivity index (χ4n) is 3.69. The van der Waals surface area contributed by atoms with E-state index >= 15 is 0 Å². The highest BCUT2D eigenvalue weighted by Crippen LogP contribution is 2.42. The van der Waals surface area contributed by atoms with E-state index in [9.17, 15) is 18.0 Å². The number of carbonyl (C=O) groups is 2. The molecule has 0 bridgehead atoms. The molecule has 0 amide bonds. The first-order valence-electron chi connectivity index (χ1n) is 10.8. The summed E-state index contributed by atoms with van der Waals surface area (Å²) in [5, 5.41) is 0. The smallest absolute Gasteiger partial charge is 0.261 e. The predicted octanol–water partition coefficient (Wildman–Crippen LogP) is 4.71. The number of rotatable bonds is 8. The molecule has 1 saturated carbocycles. The molecule has 0 aliphatic heterocycles. The van der Waals surface area contributed by atoms with E-state index < -0.39 is 15.9 Å². The van der Waals surface area contributed by atoms with E-state index in [1.165, 1.54) is 18.2 Å². The van der Waals surface area contributed by atoms with E-state index in [2.05, 4.69) is 4.72 Å². The van der Waals surface area contributed by atoms with Gasteiger partial charge in [-0.3, -0.25) is 14.3 Å². The van der Waals surface area contributed by atoms with Gasteiger partial charge in [0.05, 0.1) is 10.6 Å². The first-order chi connectivity index (χ1) is 15.7. The van der Waals surface area contributed by atoms with E-state index in [1.54, 1.807) is 48.5 Å². The molecule has 1 fully saturated rings. The Balaban J connectivity index is 1.60. The summed E-state index contributed by atoms with van der Waals surface area (Å²) in [4.78, 5) is 25.8. The topological polar surface area (TPSA) is 80.3 Å². The van der Waals surface area contributed by atoms with E-state index in [0.29, 0.717) is 17.5 Å². The van der Waals surface area contributed by atoms with Crippen LogP contribution in [0.3, 0.4) is 0 Å². The van der Waals surface area contributed by atoms with E-state index in [0.717, 1.165) is 11.1 Å². The van der Waals surface area contributed by atoms with Gasteiger partial charge in [0.25, 0.3) is 10.0 Å². The van der Waals surface area contributed by atoms with Gasteiger partial charge in [-0.25, -0.2) is 8.42 Å². The molecule has 0 unspecified atom stereocenters. The molecule has 0 heterocycles. The summed E-state index contributed by atoms with van der Waals surface area (Å²) in [5.74, 6) is -1.13. The Morgan fingerprint density at radius 1 is 0.788 bits per heavy atom. The van der Waals surface area contributed by atoms with E-state index in [1.807, 2.05) is 32.0 Å². The maximum absolute atomic E-state index is 13.0. The van der Waals surface area contributed by atoms with E-state index in [-0.39, 0.29) is 28.1 Å². The Kier molecular flexibility index (Phi) is 6.29. The van der Waals surface area contributed by atoms with Gasteiger partial charge in [0.15, 0.2) is 11.6 Å². The van der Waals surface area contributed by atoms with Crippen molar-refractivity contribution in [1.29, 1.82) is 0 Å². The van der Waals surface area contributed by atoms with Crippen molar-refractivity contribution < 1.29 is 18.0 Å². The maximum Gasteiger partial charge on any atom is 0.261 e. The molecule has 1 aliphatic carbocycles. The highest BCUT2D eigenvalue weighted by Gasteiger charge is 2.47. The minimum absolute atomic E-state index is 0.0560. The molecule has 1 aliphatic rings. The molecule has 0 aromatic heterocycles. The van der Waals surface area contributed by atoms with Crippen molar-refractivity contribution in [2.75, 3.05) is 0 Å². The third kappa shape index (κ3) is 5.29. The number of Topliss-reactive ketones (excluding diaryl/α,β-unsaturated/α-hetero) is 1. The van der Waals surface area contributed by atoms with Gasteiger partial charge in [0.1, 0.15) is 0 Å². The van der Waals surface area contributed by atoms with Crippen LogP contribution in [0.25, 0.3) is 5.70 Å². The molecule has 6 heteroatoms. The maximum atomic E-state index is 13.0. The van der Waals surface area contributed by atoms with Crippen LogP contribution in [0.2, 0.25) is 0 Å². The second-order valence-corrected chi connectivity index (χ2v) is 10.1. The van der Waals surface area contributed by atoms with Gasteiger partial charge < -0.3 is 0 Å². The minimum atomic E-state index is -3.90. The third-order valence-electron chi connectivity index (χ3n) is 5.78. The molecule has 3 aromatic rings. The van der Waals surface area contributed by atoms with Gasteiger partial charge in [-0.1, -0.05) is 77.9 Å². The molecular weight excluding hydrogens is 434 g/mol. The monoisotopic (exact) mass is 459 g/mol. The van der Waals surface area contributed by atoms with Crippen molar-refractivity contribution in [1.82, 2.24) is 4.72 Å². The number of sulfonamides is 1. The Labute approximate surface area is 194 Å². The fraction of sp³-hybridized carbons (Fsp3) is 0.185. The second-order valence-electron chi connectivity index (χ2n) is 8.42. The lowest BCUT2D eigenvalue weighted by atomic mass is 10.0. The van der Waals surface area contributed by atoms with Crippen LogP contribution in [0.5, 0.6) is 0 Å². The first-order valence-corrected chi connectivity index (χ1v) is 12.2. The molecule has 1 N–H and O–H groups in total. The lowest BCUT2D eigenvalue weighted by molar-refractivity contribution is -0.115. The molecule has 4 rings (SSSR count). The zero-order chi connectivity index (χ0) is 23.6.